The van der Waals surface area contributed by atoms with Crippen LogP contribution in [0.1, 0.15) is 30.0 Å². The van der Waals surface area contributed by atoms with Crippen LogP contribution < -0.4 is 10.6 Å². The highest BCUT2D eigenvalue weighted by molar-refractivity contribution is 5.57. The van der Waals surface area contributed by atoms with Crippen LogP contribution in [0.25, 0.3) is 0 Å². The largest absolute Gasteiger partial charge is 0.391 e. The fourth-order valence-electron chi connectivity index (χ4n) is 3.05. The number of aliphatic hydroxyl groups excluding tert-OH is 1. The Labute approximate surface area is 126 Å². The number of anilines is 1. The summed E-state index contributed by atoms with van der Waals surface area (Å²) in [6.07, 6.45) is 1.68. The van der Waals surface area contributed by atoms with Crippen LogP contribution in [0.15, 0.2) is 54.6 Å². The number of nitrogens with two attached hydrogens (primary N) is 1. The summed E-state index contributed by atoms with van der Waals surface area (Å²) in [7, 11) is 0. The molecule has 0 amide bonds. The Hall–Kier alpha value is -1.84. The normalized spacial score (nSPS) is 20.3. The van der Waals surface area contributed by atoms with Crippen LogP contribution in [0.4, 0.5) is 5.69 Å². The first-order valence-corrected chi connectivity index (χ1v) is 7.58. The van der Waals surface area contributed by atoms with E-state index in [2.05, 4.69) is 29.2 Å². The van der Waals surface area contributed by atoms with Crippen molar-refractivity contribution in [2.45, 2.75) is 25.0 Å². The Balaban J connectivity index is 1.92. The molecule has 1 heterocycles. The first kappa shape index (κ1) is 14.1. The van der Waals surface area contributed by atoms with Crippen molar-refractivity contribution < 1.29 is 5.11 Å². The molecule has 2 aromatic carbocycles. The van der Waals surface area contributed by atoms with E-state index in [1.165, 1.54) is 0 Å². The number of rotatable bonds is 3. The maximum atomic E-state index is 9.91. The van der Waals surface area contributed by atoms with Crippen LogP contribution in [-0.2, 0) is 0 Å². The van der Waals surface area contributed by atoms with Gasteiger partial charge in [0.25, 0.3) is 0 Å². The van der Waals surface area contributed by atoms with Crippen molar-refractivity contribution in [3.05, 3.63) is 65.7 Å². The van der Waals surface area contributed by atoms with E-state index in [4.69, 9.17) is 5.73 Å². The van der Waals surface area contributed by atoms with Gasteiger partial charge < -0.3 is 15.7 Å². The topological polar surface area (TPSA) is 49.5 Å². The summed E-state index contributed by atoms with van der Waals surface area (Å²) in [6.45, 7) is 1.67. The molecule has 2 atom stereocenters. The molecule has 3 N–H and O–H groups in total. The van der Waals surface area contributed by atoms with Gasteiger partial charge >= 0.3 is 0 Å². The monoisotopic (exact) mass is 282 g/mol. The molecule has 0 radical (unpaired) electrons. The lowest BCUT2D eigenvalue weighted by molar-refractivity contribution is 0.154. The number of hydrogen-bond donors (Lipinski definition) is 2. The highest BCUT2D eigenvalue weighted by Gasteiger charge is 2.22. The van der Waals surface area contributed by atoms with Crippen LogP contribution in [0.5, 0.6) is 0 Å². The van der Waals surface area contributed by atoms with Crippen molar-refractivity contribution in [1.82, 2.24) is 0 Å². The molecule has 1 saturated heterocycles. The number of piperidine rings is 1. The molecule has 1 aliphatic heterocycles. The van der Waals surface area contributed by atoms with Crippen LogP contribution in [0.3, 0.4) is 0 Å². The van der Waals surface area contributed by atoms with Gasteiger partial charge in [0.2, 0.25) is 0 Å². The minimum absolute atomic E-state index is 0.138. The maximum absolute atomic E-state index is 9.91. The molecule has 1 fully saturated rings. The molecule has 0 bridgehead atoms. The molecule has 0 saturated carbocycles. The van der Waals surface area contributed by atoms with Crippen molar-refractivity contribution in [3.63, 3.8) is 0 Å². The van der Waals surface area contributed by atoms with E-state index >= 15 is 0 Å². The quantitative estimate of drug-likeness (QED) is 0.910. The number of aliphatic hydroxyl groups is 1. The van der Waals surface area contributed by atoms with E-state index < -0.39 is 0 Å². The van der Waals surface area contributed by atoms with Gasteiger partial charge in [0.1, 0.15) is 0 Å². The molecule has 110 valence electrons. The first-order chi connectivity index (χ1) is 10.3. The van der Waals surface area contributed by atoms with E-state index in [1.54, 1.807) is 0 Å². The van der Waals surface area contributed by atoms with Crippen LogP contribution >= 0.6 is 0 Å². The molecule has 3 rings (SSSR count). The zero-order valence-electron chi connectivity index (χ0n) is 12.2. The fourth-order valence-corrected chi connectivity index (χ4v) is 3.05. The van der Waals surface area contributed by atoms with Gasteiger partial charge in [-0.25, -0.2) is 0 Å². The summed E-state index contributed by atoms with van der Waals surface area (Å²) in [5, 5.41) is 9.91. The number of nitrogens with zero attached hydrogens (tertiary/aromatic N) is 1. The minimum atomic E-state index is -0.236. The van der Waals surface area contributed by atoms with E-state index in [9.17, 15) is 5.11 Å². The highest BCUT2D eigenvalue weighted by Crippen LogP contribution is 2.30. The molecule has 2 aromatic rings. The van der Waals surface area contributed by atoms with Crippen LogP contribution in [0.2, 0.25) is 0 Å². The Kier molecular flexibility index (Phi) is 4.23. The standard InChI is InChI=1S/C18H22N2O/c19-18(14-7-2-1-3-8-14)16-10-4-5-11-17(16)20-12-6-9-15(21)13-20/h1-5,7-8,10-11,15,18,21H,6,9,12-13,19H2. The molecule has 21 heavy (non-hydrogen) atoms. The predicted molar refractivity (Wildman–Crippen MR) is 86.4 cm³/mol. The highest BCUT2D eigenvalue weighted by atomic mass is 16.3. The lowest BCUT2D eigenvalue weighted by Crippen LogP contribution is -2.39. The summed E-state index contributed by atoms with van der Waals surface area (Å²) in [6, 6.07) is 18.3. The van der Waals surface area contributed by atoms with Gasteiger partial charge in [0, 0.05) is 18.8 Å². The molecular weight excluding hydrogens is 260 g/mol. The minimum Gasteiger partial charge on any atom is -0.391 e. The molecule has 3 nitrogen and oxygen atoms in total. The molecule has 3 heteroatoms. The van der Waals surface area contributed by atoms with Gasteiger partial charge in [-0.2, -0.15) is 0 Å². The third-order valence-electron chi connectivity index (χ3n) is 4.17. The van der Waals surface area contributed by atoms with E-state index in [0.717, 1.165) is 36.2 Å². The third kappa shape index (κ3) is 3.09. The summed E-state index contributed by atoms with van der Waals surface area (Å²) < 4.78 is 0. The first-order valence-electron chi connectivity index (χ1n) is 7.58. The number of benzene rings is 2. The Bertz CT molecular complexity index is 585. The lowest BCUT2D eigenvalue weighted by Gasteiger charge is -2.34. The molecular formula is C18H22N2O. The van der Waals surface area contributed by atoms with E-state index in [1.807, 2.05) is 30.3 Å². The van der Waals surface area contributed by atoms with Gasteiger partial charge in [-0.15, -0.1) is 0 Å². The van der Waals surface area contributed by atoms with Gasteiger partial charge in [-0.3, -0.25) is 0 Å². The fraction of sp³-hybridized carbons (Fsp3) is 0.333. The predicted octanol–water partition coefficient (Wildman–Crippen LogP) is 2.70. The summed E-state index contributed by atoms with van der Waals surface area (Å²) in [5.74, 6) is 0. The molecule has 0 aromatic heterocycles. The van der Waals surface area contributed by atoms with Gasteiger partial charge in [0.15, 0.2) is 0 Å². The molecule has 0 aliphatic carbocycles. The van der Waals surface area contributed by atoms with E-state index in [0.29, 0.717) is 6.54 Å². The van der Waals surface area contributed by atoms with Crippen molar-refractivity contribution in [3.8, 4) is 0 Å². The number of β-amino-alcohol motifs (C(OH)–C–C–N with tert-alkyl or cyclic N) is 1. The second-order valence-electron chi connectivity index (χ2n) is 5.69. The summed E-state index contributed by atoms with van der Waals surface area (Å²) >= 11 is 0. The molecule has 0 spiro atoms. The number of hydrogen-bond acceptors (Lipinski definition) is 3. The zero-order valence-corrected chi connectivity index (χ0v) is 12.2. The maximum Gasteiger partial charge on any atom is 0.0715 e. The second kappa shape index (κ2) is 6.29. The van der Waals surface area contributed by atoms with Crippen molar-refractivity contribution in [1.29, 1.82) is 0 Å². The summed E-state index contributed by atoms with van der Waals surface area (Å²) in [5.41, 5.74) is 9.85. The lowest BCUT2D eigenvalue weighted by atomic mass is 9.96. The zero-order chi connectivity index (χ0) is 14.7. The SMILES string of the molecule is NC(c1ccccc1)c1ccccc1N1CCCC(O)C1. The number of para-hydroxylation sites is 1. The average Bonchev–Trinajstić information content (AvgIpc) is 2.55. The van der Waals surface area contributed by atoms with Crippen molar-refractivity contribution in [2.75, 3.05) is 18.0 Å². The second-order valence-corrected chi connectivity index (χ2v) is 5.69. The van der Waals surface area contributed by atoms with Gasteiger partial charge in [-0.05, 0) is 30.0 Å². The Morgan fingerprint density at radius 1 is 1.05 bits per heavy atom. The Morgan fingerprint density at radius 2 is 1.76 bits per heavy atom. The van der Waals surface area contributed by atoms with Gasteiger partial charge in [0.05, 0.1) is 12.1 Å². The van der Waals surface area contributed by atoms with Crippen molar-refractivity contribution >= 4 is 5.69 Å². The van der Waals surface area contributed by atoms with Crippen LogP contribution in [0, 0.1) is 0 Å². The third-order valence-corrected chi connectivity index (χ3v) is 4.17. The smallest absolute Gasteiger partial charge is 0.0715 e. The van der Waals surface area contributed by atoms with Gasteiger partial charge in [-0.1, -0.05) is 48.5 Å². The Morgan fingerprint density at radius 3 is 2.52 bits per heavy atom. The summed E-state index contributed by atoms with van der Waals surface area (Å²) in [4.78, 5) is 2.26. The van der Waals surface area contributed by atoms with Crippen molar-refractivity contribution in [2.24, 2.45) is 5.73 Å². The molecule has 2 unspecified atom stereocenters. The van der Waals surface area contributed by atoms with Crippen LogP contribution in [-0.4, -0.2) is 24.3 Å². The van der Waals surface area contributed by atoms with E-state index in [-0.39, 0.29) is 12.1 Å². The average molecular weight is 282 g/mol. The molecule has 1 aliphatic rings.